The molecular weight excluding hydrogens is 498 g/mol. The predicted octanol–water partition coefficient (Wildman–Crippen LogP) is 3.03. The van der Waals surface area contributed by atoms with Crippen molar-refractivity contribution in [1.82, 2.24) is 10.3 Å². The Morgan fingerprint density at radius 1 is 1.00 bits per heavy atom. The van der Waals surface area contributed by atoms with E-state index in [1.165, 1.54) is 6.07 Å². The Morgan fingerprint density at radius 3 is 2.31 bits per heavy atom. The highest BCUT2D eigenvalue weighted by Gasteiger charge is 2.32. The van der Waals surface area contributed by atoms with Gasteiger partial charge in [-0.3, -0.25) is 14.4 Å². The van der Waals surface area contributed by atoms with E-state index in [-0.39, 0.29) is 0 Å². The molecule has 8 nitrogen and oxygen atoms in total. The number of esters is 1. The fourth-order valence-corrected chi connectivity index (χ4v) is 3.39. The molecule has 0 aliphatic carbocycles. The molecule has 1 saturated heterocycles. The molecule has 0 radical (unpaired) electrons. The van der Waals surface area contributed by atoms with Crippen LogP contribution in [-0.2, 0) is 25.3 Å². The van der Waals surface area contributed by atoms with Gasteiger partial charge in [-0.2, -0.15) is 13.2 Å². The summed E-state index contributed by atoms with van der Waals surface area (Å²) in [6, 6.07) is 3.61. The van der Waals surface area contributed by atoms with Gasteiger partial charge in [-0.1, -0.05) is 0 Å². The van der Waals surface area contributed by atoms with Crippen molar-refractivity contribution in [3.8, 4) is 0 Å². The summed E-state index contributed by atoms with van der Waals surface area (Å²) in [5.74, 6) is -7.38. The maximum atomic E-state index is 13.6. The molecule has 14 heteroatoms. The molecule has 2 N–H and O–H groups in total. The van der Waals surface area contributed by atoms with Crippen LogP contribution in [0.5, 0.6) is 0 Å². The van der Waals surface area contributed by atoms with Gasteiger partial charge in [0.05, 0.1) is 23.7 Å². The summed E-state index contributed by atoms with van der Waals surface area (Å²) in [7, 11) is 0. The Kier molecular flexibility index (Phi) is 8.37. The Hall–Kier alpha value is -3.84. The minimum Gasteiger partial charge on any atom is -0.455 e. The lowest BCUT2D eigenvalue weighted by Gasteiger charge is -2.31. The lowest BCUT2D eigenvalue weighted by molar-refractivity contribution is -0.153. The highest BCUT2D eigenvalue weighted by Crippen LogP contribution is 2.30. The Morgan fingerprint density at radius 2 is 1.69 bits per heavy atom. The topological polar surface area (TPSA) is 101 Å². The highest BCUT2D eigenvalue weighted by atomic mass is 19.4. The molecule has 1 aliphatic rings. The quantitative estimate of drug-likeness (QED) is 0.332. The number of hydrogen-bond acceptors (Lipinski definition) is 6. The van der Waals surface area contributed by atoms with Crippen molar-refractivity contribution in [1.29, 1.82) is 0 Å². The summed E-state index contributed by atoms with van der Waals surface area (Å²) < 4.78 is 82.6. The molecule has 0 atom stereocenters. The van der Waals surface area contributed by atoms with Gasteiger partial charge in [0, 0.05) is 19.3 Å². The number of ether oxygens (including phenoxy) is 1. The number of aromatic nitrogens is 1. The maximum Gasteiger partial charge on any atom is 0.417 e. The fraction of sp³-hybridized carbons (Fsp3) is 0.364. The smallest absolute Gasteiger partial charge is 0.417 e. The van der Waals surface area contributed by atoms with Crippen LogP contribution in [-0.4, -0.2) is 49.0 Å². The Bertz CT molecular complexity index is 1120. The molecule has 0 bridgehead atoms. The number of nitrogens with one attached hydrogen (secondary N) is 2. The van der Waals surface area contributed by atoms with Crippen molar-refractivity contribution in [3.63, 3.8) is 0 Å². The lowest BCUT2D eigenvalue weighted by atomic mass is 9.97. The SMILES string of the molecule is O=C(COC(=O)C1CCN(c2ccc(C(F)(F)F)cn2)CC1)NCC(=O)Nc1ccc(F)c(F)c1F. The number of benzene rings is 1. The fourth-order valence-electron chi connectivity index (χ4n) is 3.39. The molecular formula is C22H20F6N4O4. The van der Waals surface area contributed by atoms with Crippen LogP contribution in [0.3, 0.4) is 0 Å². The summed E-state index contributed by atoms with van der Waals surface area (Å²) >= 11 is 0. The van der Waals surface area contributed by atoms with Crippen molar-refractivity contribution in [2.45, 2.75) is 19.0 Å². The molecule has 2 heterocycles. The summed E-state index contributed by atoms with van der Waals surface area (Å²) in [6.07, 6.45) is -3.10. The molecule has 1 aromatic carbocycles. The van der Waals surface area contributed by atoms with Gasteiger partial charge in [0.2, 0.25) is 5.91 Å². The minimum atomic E-state index is -4.49. The van der Waals surface area contributed by atoms with Gasteiger partial charge >= 0.3 is 12.1 Å². The highest BCUT2D eigenvalue weighted by molar-refractivity contribution is 5.95. The van der Waals surface area contributed by atoms with Crippen LogP contribution in [0.2, 0.25) is 0 Å². The van der Waals surface area contributed by atoms with Crippen molar-refractivity contribution in [2.75, 3.05) is 36.5 Å². The van der Waals surface area contributed by atoms with Gasteiger partial charge in [-0.25, -0.2) is 18.2 Å². The number of carbonyl (C=O) groups is 3. The molecule has 36 heavy (non-hydrogen) atoms. The minimum absolute atomic E-state index is 0.325. The maximum absolute atomic E-state index is 13.6. The van der Waals surface area contributed by atoms with Gasteiger partial charge in [0.25, 0.3) is 5.91 Å². The molecule has 1 fully saturated rings. The zero-order valence-corrected chi connectivity index (χ0v) is 18.5. The molecule has 2 aromatic rings. The summed E-state index contributed by atoms with van der Waals surface area (Å²) in [6.45, 7) is -0.657. The van der Waals surface area contributed by atoms with Gasteiger partial charge < -0.3 is 20.3 Å². The number of anilines is 2. The monoisotopic (exact) mass is 518 g/mol. The third-order valence-corrected chi connectivity index (χ3v) is 5.33. The van der Waals surface area contributed by atoms with Crippen molar-refractivity contribution >= 4 is 29.3 Å². The first-order chi connectivity index (χ1) is 17.0. The van der Waals surface area contributed by atoms with E-state index in [0.717, 1.165) is 18.3 Å². The number of piperidine rings is 1. The predicted molar refractivity (Wildman–Crippen MR) is 113 cm³/mol. The summed E-state index contributed by atoms with van der Waals surface area (Å²) in [4.78, 5) is 41.4. The third-order valence-electron chi connectivity index (χ3n) is 5.33. The summed E-state index contributed by atoms with van der Waals surface area (Å²) in [5.41, 5.74) is -1.48. The summed E-state index contributed by atoms with van der Waals surface area (Å²) in [5, 5.41) is 4.10. The van der Waals surface area contributed by atoms with Crippen LogP contribution in [0, 0.1) is 23.4 Å². The van der Waals surface area contributed by atoms with Crippen LogP contribution in [0.1, 0.15) is 18.4 Å². The standard InChI is InChI=1S/C22H20F6N4O4/c23-14-2-3-15(20(25)19(14)24)31-17(33)10-30-18(34)11-36-21(35)12-5-7-32(8-6-12)16-4-1-13(9-29-16)22(26,27)28/h1-4,9,12H,5-8,10-11H2,(H,30,34)(H,31,33). The first-order valence-corrected chi connectivity index (χ1v) is 10.6. The molecule has 3 rings (SSSR count). The van der Waals surface area contributed by atoms with E-state index >= 15 is 0 Å². The molecule has 2 amide bonds. The van der Waals surface area contributed by atoms with Gasteiger partial charge in [0.15, 0.2) is 24.1 Å². The zero-order valence-electron chi connectivity index (χ0n) is 18.5. The van der Waals surface area contributed by atoms with Crippen LogP contribution in [0.15, 0.2) is 30.5 Å². The van der Waals surface area contributed by atoms with Crippen molar-refractivity contribution < 1.29 is 45.5 Å². The molecule has 1 aromatic heterocycles. The van der Waals surface area contributed by atoms with Gasteiger partial charge in [-0.15, -0.1) is 0 Å². The Labute approximate surface area is 200 Å². The molecule has 1 aliphatic heterocycles. The van der Waals surface area contributed by atoms with E-state index in [1.807, 2.05) is 5.32 Å². The number of alkyl halides is 3. The number of rotatable bonds is 7. The van der Waals surface area contributed by atoms with Crippen LogP contribution in [0.25, 0.3) is 0 Å². The molecule has 194 valence electrons. The number of amides is 2. The largest absolute Gasteiger partial charge is 0.455 e. The van der Waals surface area contributed by atoms with Crippen LogP contribution in [0.4, 0.5) is 37.8 Å². The van der Waals surface area contributed by atoms with Gasteiger partial charge in [0.1, 0.15) is 5.82 Å². The molecule has 0 saturated carbocycles. The molecule has 0 spiro atoms. The van der Waals surface area contributed by atoms with E-state index in [1.54, 1.807) is 4.90 Å². The normalized spacial score (nSPS) is 14.3. The second-order valence-corrected chi connectivity index (χ2v) is 7.82. The first-order valence-electron chi connectivity index (χ1n) is 10.6. The average molecular weight is 518 g/mol. The van der Waals surface area contributed by atoms with E-state index in [2.05, 4.69) is 10.3 Å². The lowest BCUT2D eigenvalue weighted by Crippen LogP contribution is -2.39. The number of nitrogens with zero attached hydrogens (tertiary/aromatic N) is 2. The number of halogens is 6. The second kappa shape index (κ2) is 11.3. The Balaban J connectivity index is 1.38. The van der Waals surface area contributed by atoms with Gasteiger partial charge in [-0.05, 0) is 37.1 Å². The number of hydrogen-bond donors (Lipinski definition) is 2. The number of carbonyl (C=O) groups excluding carboxylic acids is 3. The molecule has 0 unspecified atom stereocenters. The van der Waals surface area contributed by atoms with E-state index in [0.29, 0.717) is 37.8 Å². The average Bonchev–Trinajstić information content (AvgIpc) is 2.86. The zero-order chi connectivity index (χ0) is 26.5. The van der Waals surface area contributed by atoms with E-state index in [9.17, 15) is 40.7 Å². The van der Waals surface area contributed by atoms with Crippen molar-refractivity contribution in [2.24, 2.45) is 5.92 Å². The van der Waals surface area contributed by atoms with E-state index < -0.39 is 71.7 Å². The first kappa shape index (κ1) is 26.8. The number of pyridine rings is 1. The third kappa shape index (κ3) is 6.86. The van der Waals surface area contributed by atoms with Crippen LogP contribution < -0.4 is 15.5 Å². The van der Waals surface area contributed by atoms with E-state index in [4.69, 9.17) is 4.74 Å². The second-order valence-electron chi connectivity index (χ2n) is 7.82. The van der Waals surface area contributed by atoms with Crippen molar-refractivity contribution in [3.05, 3.63) is 53.5 Å². The van der Waals surface area contributed by atoms with Crippen LogP contribution >= 0.6 is 0 Å².